The second-order valence-corrected chi connectivity index (χ2v) is 4.73. The molecule has 0 saturated carbocycles. The van der Waals surface area contributed by atoms with Gasteiger partial charge in [-0.3, -0.25) is 0 Å². The van der Waals surface area contributed by atoms with E-state index in [1.54, 1.807) is 18.4 Å². The molecule has 0 aliphatic rings. The van der Waals surface area contributed by atoms with Crippen LogP contribution in [0.3, 0.4) is 0 Å². The Morgan fingerprint density at radius 2 is 2.18 bits per heavy atom. The van der Waals surface area contributed by atoms with Gasteiger partial charge in [0.15, 0.2) is 0 Å². The lowest BCUT2D eigenvalue weighted by atomic mass is 10.1. The molecule has 0 fully saturated rings. The van der Waals surface area contributed by atoms with Gasteiger partial charge in [-0.1, -0.05) is 13.0 Å². The summed E-state index contributed by atoms with van der Waals surface area (Å²) in [4.78, 5) is 1.31. The summed E-state index contributed by atoms with van der Waals surface area (Å²) < 4.78 is 5.28. The molecule has 0 bridgehead atoms. The Bertz CT molecular complexity index is 465. The van der Waals surface area contributed by atoms with Crippen LogP contribution in [0.2, 0.25) is 0 Å². The molecular formula is C14H17NOS. The van der Waals surface area contributed by atoms with Crippen LogP contribution in [0.25, 0.3) is 10.4 Å². The molecule has 0 atom stereocenters. The number of methoxy groups -OCH3 is 1. The van der Waals surface area contributed by atoms with E-state index in [1.165, 1.54) is 16.0 Å². The van der Waals surface area contributed by atoms with Crippen LogP contribution in [0.4, 0.5) is 0 Å². The van der Waals surface area contributed by atoms with Gasteiger partial charge in [0.1, 0.15) is 5.75 Å². The molecule has 3 heteroatoms. The number of thiophene rings is 1. The molecule has 1 heterocycles. The maximum Gasteiger partial charge on any atom is 0.119 e. The van der Waals surface area contributed by atoms with E-state index in [1.807, 2.05) is 6.07 Å². The molecule has 1 aromatic carbocycles. The minimum Gasteiger partial charge on any atom is -0.497 e. The van der Waals surface area contributed by atoms with Crippen LogP contribution in [0, 0.1) is 0 Å². The first-order valence-electron chi connectivity index (χ1n) is 5.76. The van der Waals surface area contributed by atoms with Crippen LogP contribution < -0.4 is 10.1 Å². The zero-order chi connectivity index (χ0) is 12.1. The maximum absolute atomic E-state index is 5.28. The van der Waals surface area contributed by atoms with E-state index < -0.39 is 0 Å². The molecule has 0 aliphatic heterocycles. The molecule has 0 aliphatic carbocycles. The smallest absolute Gasteiger partial charge is 0.119 e. The Balaban J connectivity index is 2.36. The lowest BCUT2D eigenvalue weighted by molar-refractivity contribution is 0.414. The van der Waals surface area contributed by atoms with E-state index in [4.69, 9.17) is 4.74 Å². The second-order valence-electron chi connectivity index (χ2n) is 3.78. The summed E-state index contributed by atoms with van der Waals surface area (Å²) in [6.45, 7) is 3.97. The van der Waals surface area contributed by atoms with Crippen molar-refractivity contribution in [3.05, 3.63) is 41.3 Å². The quantitative estimate of drug-likeness (QED) is 0.872. The highest BCUT2D eigenvalue weighted by atomic mass is 32.1. The first-order valence-corrected chi connectivity index (χ1v) is 6.64. The Hall–Kier alpha value is -1.32. The van der Waals surface area contributed by atoms with Crippen molar-refractivity contribution in [3.8, 4) is 16.2 Å². The molecule has 90 valence electrons. The van der Waals surface area contributed by atoms with E-state index in [9.17, 15) is 0 Å². The molecule has 1 aromatic heterocycles. The molecule has 0 saturated heterocycles. The molecule has 2 aromatic rings. The van der Waals surface area contributed by atoms with E-state index in [2.05, 4.69) is 41.9 Å². The molecule has 0 radical (unpaired) electrons. The van der Waals surface area contributed by atoms with E-state index in [0.29, 0.717) is 0 Å². The van der Waals surface area contributed by atoms with Crippen molar-refractivity contribution in [2.45, 2.75) is 13.5 Å². The summed E-state index contributed by atoms with van der Waals surface area (Å²) in [5.41, 5.74) is 2.58. The Labute approximate surface area is 106 Å². The predicted octanol–water partition coefficient (Wildman–Crippen LogP) is 3.53. The number of rotatable bonds is 5. The van der Waals surface area contributed by atoms with Crippen molar-refractivity contribution in [1.29, 1.82) is 0 Å². The topological polar surface area (TPSA) is 21.3 Å². The average molecular weight is 247 g/mol. The van der Waals surface area contributed by atoms with Crippen LogP contribution >= 0.6 is 11.3 Å². The van der Waals surface area contributed by atoms with Gasteiger partial charge in [-0.25, -0.2) is 0 Å². The monoisotopic (exact) mass is 247 g/mol. The largest absolute Gasteiger partial charge is 0.497 e. The van der Waals surface area contributed by atoms with Crippen molar-refractivity contribution in [3.63, 3.8) is 0 Å². The van der Waals surface area contributed by atoms with Gasteiger partial charge < -0.3 is 10.1 Å². The third-order valence-electron chi connectivity index (χ3n) is 2.66. The maximum atomic E-state index is 5.28. The normalized spacial score (nSPS) is 10.5. The Kier molecular flexibility index (Phi) is 4.18. The van der Waals surface area contributed by atoms with Crippen molar-refractivity contribution < 1.29 is 4.74 Å². The molecule has 2 rings (SSSR count). The van der Waals surface area contributed by atoms with Crippen LogP contribution in [-0.4, -0.2) is 13.7 Å². The van der Waals surface area contributed by atoms with Crippen LogP contribution in [0.5, 0.6) is 5.75 Å². The number of ether oxygens (including phenoxy) is 1. The summed E-state index contributed by atoms with van der Waals surface area (Å²) in [7, 11) is 1.71. The highest BCUT2D eigenvalue weighted by molar-refractivity contribution is 7.13. The molecular weight excluding hydrogens is 230 g/mol. The minimum atomic E-state index is 0.876. The van der Waals surface area contributed by atoms with Crippen LogP contribution in [0.15, 0.2) is 35.7 Å². The van der Waals surface area contributed by atoms with Crippen molar-refractivity contribution in [1.82, 2.24) is 5.32 Å². The van der Waals surface area contributed by atoms with Crippen molar-refractivity contribution >= 4 is 11.3 Å². The zero-order valence-electron chi connectivity index (χ0n) is 10.2. The van der Waals surface area contributed by atoms with Gasteiger partial charge in [-0.2, -0.15) is 0 Å². The van der Waals surface area contributed by atoms with Gasteiger partial charge in [0.25, 0.3) is 0 Å². The van der Waals surface area contributed by atoms with Crippen molar-refractivity contribution in [2.24, 2.45) is 0 Å². The predicted molar refractivity (Wildman–Crippen MR) is 73.7 cm³/mol. The molecule has 2 nitrogen and oxygen atoms in total. The molecule has 0 unspecified atom stereocenters. The fraction of sp³-hybridized carbons (Fsp3) is 0.286. The number of nitrogens with one attached hydrogen (secondary N) is 1. The molecule has 0 amide bonds. The highest BCUT2D eigenvalue weighted by Gasteiger charge is 2.07. The molecule has 17 heavy (non-hydrogen) atoms. The lowest BCUT2D eigenvalue weighted by Gasteiger charge is -2.10. The summed E-state index contributed by atoms with van der Waals surface area (Å²) in [6, 6.07) is 10.5. The van der Waals surface area contributed by atoms with E-state index in [0.717, 1.165) is 18.8 Å². The van der Waals surface area contributed by atoms with Crippen LogP contribution in [-0.2, 0) is 6.54 Å². The van der Waals surface area contributed by atoms with Gasteiger partial charge in [0.05, 0.1) is 7.11 Å². The van der Waals surface area contributed by atoms with Gasteiger partial charge in [0, 0.05) is 11.4 Å². The first kappa shape index (κ1) is 12.1. The van der Waals surface area contributed by atoms with Crippen molar-refractivity contribution in [2.75, 3.05) is 13.7 Å². The third kappa shape index (κ3) is 2.87. The first-order chi connectivity index (χ1) is 8.35. The van der Waals surface area contributed by atoms with Gasteiger partial charge >= 0.3 is 0 Å². The Morgan fingerprint density at radius 1 is 1.29 bits per heavy atom. The summed E-state index contributed by atoms with van der Waals surface area (Å²) in [5, 5.41) is 5.48. The number of hydrogen-bond acceptors (Lipinski definition) is 3. The summed E-state index contributed by atoms with van der Waals surface area (Å²) in [5.74, 6) is 0.915. The third-order valence-corrected chi connectivity index (χ3v) is 3.57. The van der Waals surface area contributed by atoms with E-state index in [-0.39, 0.29) is 0 Å². The van der Waals surface area contributed by atoms with Gasteiger partial charge in [0.2, 0.25) is 0 Å². The fourth-order valence-corrected chi connectivity index (χ4v) is 2.56. The van der Waals surface area contributed by atoms with Crippen LogP contribution in [0.1, 0.15) is 12.5 Å². The lowest BCUT2D eigenvalue weighted by Crippen LogP contribution is -2.12. The SMILES string of the molecule is CCNCc1cc(OC)ccc1-c1cccs1. The molecule has 1 N–H and O–H groups in total. The van der Waals surface area contributed by atoms with E-state index >= 15 is 0 Å². The van der Waals surface area contributed by atoms with Gasteiger partial charge in [-0.15, -0.1) is 11.3 Å². The number of hydrogen-bond donors (Lipinski definition) is 1. The molecule has 0 spiro atoms. The number of benzene rings is 1. The summed E-state index contributed by atoms with van der Waals surface area (Å²) in [6.07, 6.45) is 0. The average Bonchev–Trinajstić information content (AvgIpc) is 2.89. The minimum absolute atomic E-state index is 0.876. The fourth-order valence-electron chi connectivity index (χ4n) is 1.78. The Morgan fingerprint density at radius 3 is 2.82 bits per heavy atom. The highest BCUT2D eigenvalue weighted by Crippen LogP contribution is 2.30. The van der Waals surface area contributed by atoms with Gasteiger partial charge in [-0.05, 0) is 47.3 Å². The second kappa shape index (κ2) is 5.84. The zero-order valence-corrected chi connectivity index (χ0v) is 11.0. The summed E-state index contributed by atoms with van der Waals surface area (Å²) >= 11 is 1.77. The standard InChI is InChI=1S/C14H17NOS/c1-3-15-10-11-9-12(16-2)6-7-13(11)14-5-4-8-17-14/h4-9,15H,3,10H2,1-2H3.